The number of phenols is 1. The standard InChI is InChI=1S/C12H19NO2/c1-12(2,8-13)7-9-4-5-10(15-3)6-11(9)14/h4-6,14H,7-8,13H2,1-3H3. The van der Waals surface area contributed by atoms with Crippen LogP contribution in [0.3, 0.4) is 0 Å². The molecule has 84 valence electrons. The summed E-state index contributed by atoms with van der Waals surface area (Å²) >= 11 is 0. The summed E-state index contributed by atoms with van der Waals surface area (Å²) in [7, 11) is 1.58. The first kappa shape index (κ1) is 11.9. The van der Waals surface area contributed by atoms with Crippen molar-refractivity contribution in [3.63, 3.8) is 0 Å². The normalized spacial score (nSPS) is 11.5. The Morgan fingerprint density at radius 1 is 1.40 bits per heavy atom. The van der Waals surface area contributed by atoms with Crippen molar-refractivity contribution in [2.24, 2.45) is 11.1 Å². The Labute approximate surface area is 90.9 Å². The van der Waals surface area contributed by atoms with Crippen molar-refractivity contribution in [3.8, 4) is 11.5 Å². The number of aromatic hydroxyl groups is 1. The molecule has 0 saturated carbocycles. The van der Waals surface area contributed by atoms with Gasteiger partial charge in [0, 0.05) is 6.07 Å². The Kier molecular flexibility index (Phi) is 3.58. The highest BCUT2D eigenvalue weighted by atomic mass is 16.5. The van der Waals surface area contributed by atoms with E-state index in [0.29, 0.717) is 12.3 Å². The molecular weight excluding hydrogens is 190 g/mol. The molecule has 0 aromatic heterocycles. The van der Waals surface area contributed by atoms with Crippen molar-refractivity contribution in [2.45, 2.75) is 20.3 Å². The van der Waals surface area contributed by atoms with Crippen molar-refractivity contribution in [3.05, 3.63) is 23.8 Å². The number of rotatable bonds is 4. The number of nitrogens with two attached hydrogens (primary N) is 1. The summed E-state index contributed by atoms with van der Waals surface area (Å²) in [5.41, 5.74) is 6.57. The Morgan fingerprint density at radius 2 is 2.07 bits per heavy atom. The summed E-state index contributed by atoms with van der Waals surface area (Å²) in [6.07, 6.45) is 0.763. The van der Waals surface area contributed by atoms with E-state index in [1.807, 2.05) is 12.1 Å². The van der Waals surface area contributed by atoms with Gasteiger partial charge in [-0.05, 0) is 30.0 Å². The SMILES string of the molecule is COc1ccc(CC(C)(C)CN)c(O)c1. The van der Waals surface area contributed by atoms with Crippen molar-refractivity contribution in [2.75, 3.05) is 13.7 Å². The summed E-state index contributed by atoms with van der Waals surface area (Å²) in [6.45, 7) is 4.76. The van der Waals surface area contributed by atoms with Crippen LogP contribution in [-0.4, -0.2) is 18.8 Å². The topological polar surface area (TPSA) is 55.5 Å². The van der Waals surface area contributed by atoms with Crippen LogP contribution >= 0.6 is 0 Å². The lowest BCUT2D eigenvalue weighted by Gasteiger charge is -2.22. The average Bonchev–Trinajstić information content (AvgIpc) is 2.21. The molecule has 0 amide bonds. The summed E-state index contributed by atoms with van der Waals surface area (Å²) < 4.78 is 5.02. The summed E-state index contributed by atoms with van der Waals surface area (Å²) in [5.74, 6) is 0.942. The molecular formula is C12H19NO2. The number of benzene rings is 1. The molecule has 0 atom stereocenters. The second kappa shape index (κ2) is 4.53. The molecule has 0 unspecified atom stereocenters. The molecule has 0 saturated heterocycles. The fourth-order valence-corrected chi connectivity index (χ4v) is 1.41. The third-order valence-electron chi connectivity index (χ3n) is 2.51. The van der Waals surface area contributed by atoms with Gasteiger partial charge in [0.25, 0.3) is 0 Å². The highest BCUT2D eigenvalue weighted by Crippen LogP contribution is 2.29. The number of ether oxygens (including phenoxy) is 1. The lowest BCUT2D eigenvalue weighted by molar-refractivity contribution is 0.364. The van der Waals surface area contributed by atoms with Gasteiger partial charge >= 0.3 is 0 Å². The van der Waals surface area contributed by atoms with E-state index in [1.54, 1.807) is 13.2 Å². The van der Waals surface area contributed by atoms with Crippen LogP contribution in [0, 0.1) is 5.41 Å². The van der Waals surface area contributed by atoms with Gasteiger partial charge in [0.15, 0.2) is 0 Å². The summed E-state index contributed by atoms with van der Waals surface area (Å²) in [5, 5.41) is 9.76. The van der Waals surface area contributed by atoms with Gasteiger partial charge in [0.05, 0.1) is 7.11 Å². The number of hydrogen-bond donors (Lipinski definition) is 2. The van der Waals surface area contributed by atoms with Gasteiger partial charge in [-0.1, -0.05) is 19.9 Å². The van der Waals surface area contributed by atoms with Gasteiger partial charge in [-0.2, -0.15) is 0 Å². The second-order valence-corrected chi connectivity index (χ2v) is 4.54. The van der Waals surface area contributed by atoms with E-state index in [-0.39, 0.29) is 11.2 Å². The molecule has 1 aromatic rings. The molecule has 0 aliphatic carbocycles. The van der Waals surface area contributed by atoms with Gasteiger partial charge in [0.2, 0.25) is 0 Å². The van der Waals surface area contributed by atoms with Crippen LogP contribution in [0.4, 0.5) is 0 Å². The Hall–Kier alpha value is -1.22. The fraction of sp³-hybridized carbons (Fsp3) is 0.500. The van der Waals surface area contributed by atoms with Crippen molar-refractivity contribution < 1.29 is 9.84 Å². The van der Waals surface area contributed by atoms with E-state index in [2.05, 4.69) is 13.8 Å². The minimum Gasteiger partial charge on any atom is -0.508 e. The molecule has 1 rings (SSSR count). The average molecular weight is 209 g/mol. The zero-order valence-corrected chi connectivity index (χ0v) is 9.58. The summed E-state index contributed by atoms with van der Waals surface area (Å²) in [6, 6.07) is 5.36. The third kappa shape index (κ3) is 3.13. The first-order valence-electron chi connectivity index (χ1n) is 5.04. The minimum absolute atomic E-state index is 0.00602. The highest BCUT2D eigenvalue weighted by molar-refractivity contribution is 5.40. The highest BCUT2D eigenvalue weighted by Gasteiger charge is 2.18. The van der Waals surface area contributed by atoms with E-state index < -0.39 is 0 Å². The zero-order valence-electron chi connectivity index (χ0n) is 9.58. The Morgan fingerprint density at radius 3 is 2.53 bits per heavy atom. The molecule has 3 heteroatoms. The maximum Gasteiger partial charge on any atom is 0.122 e. The van der Waals surface area contributed by atoms with E-state index in [1.165, 1.54) is 0 Å². The molecule has 0 aliphatic heterocycles. The molecule has 0 radical (unpaired) electrons. The van der Waals surface area contributed by atoms with Crippen molar-refractivity contribution >= 4 is 0 Å². The van der Waals surface area contributed by atoms with Gasteiger partial charge in [0.1, 0.15) is 11.5 Å². The van der Waals surface area contributed by atoms with Crippen LogP contribution in [0.15, 0.2) is 18.2 Å². The maximum atomic E-state index is 9.76. The van der Waals surface area contributed by atoms with Gasteiger partial charge < -0.3 is 15.6 Å². The molecule has 3 N–H and O–H groups in total. The second-order valence-electron chi connectivity index (χ2n) is 4.54. The van der Waals surface area contributed by atoms with Crippen molar-refractivity contribution in [1.82, 2.24) is 0 Å². The molecule has 15 heavy (non-hydrogen) atoms. The number of methoxy groups -OCH3 is 1. The molecule has 1 aromatic carbocycles. The number of phenolic OH excluding ortho intramolecular Hbond substituents is 1. The first-order valence-corrected chi connectivity index (χ1v) is 5.04. The quantitative estimate of drug-likeness (QED) is 0.796. The van der Waals surface area contributed by atoms with Crippen LogP contribution in [-0.2, 0) is 6.42 Å². The molecule has 3 nitrogen and oxygen atoms in total. The molecule has 0 bridgehead atoms. The van der Waals surface area contributed by atoms with E-state index in [0.717, 1.165) is 12.0 Å². The van der Waals surface area contributed by atoms with E-state index >= 15 is 0 Å². The predicted molar refractivity (Wildman–Crippen MR) is 61.2 cm³/mol. The van der Waals surface area contributed by atoms with Gasteiger partial charge in [-0.15, -0.1) is 0 Å². The van der Waals surface area contributed by atoms with Crippen LogP contribution in [0.2, 0.25) is 0 Å². The van der Waals surface area contributed by atoms with Gasteiger partial charge in [-0.3, -0.25) is 0 Å². The lowest BCUT2D eigenvalue weighted by Crippen LogP contribution is -2.25. The van der Waals surface area contributed by atoms with Gasteiger partial charge in [-0.25, -0.2) is 0 Å². The zero-order chi connectivity index (χ0) is 11.5. The van der Waals surface area contributed by atoms with Crippen LogP contribution in [0.25, 0.3) is 0 Å². The maximum absolute atomic E-state index is 9.76. The Balaban J connectivity index is 2.87. The molecule has 0 aliphatic rings. The summed E-state index contributed by atoms with van der Waals surface area (Å²) in [4.78, 5) is 0. The number of hydrogen-bond acceptors (Lipinski definition) is 3. The smallest absolute Gasteiger partial charge is 0.122 e. The fourth-order valence-electron chi connectivity index (χ4n) is 1.41. The van der Waals surface area contributed by atoms with Crippen LogP contribution in [0.1, 0.15) is 19.4 Å². The third-order valence-corrected chi connectivity index (χ3v) is 2.51. The van der Waals surface area contributed by atoms with E-state index in [4.69, 9.17) is 10.5 Å². The molecule has 0 heterocycles. The van der Waals surface area contributed by atoms with Crippen LogP contribution in [0.5, 0.6) is 11.5 Å². The van der Waals surface area contributed by atoms with Crippen LogP contribution < -0.4 is 10.5 Å². The van der Waals surface area contributed by atoms with E-state index in [9.17, 15) is 5.11 Å². The largest absolute Gasteiger partial charge is 0.508 e. The van der Waals surface area contributed by atoms with Crippen molar-refractivity contribution in [1.29, 1.82) is 0 Å². The minimum atomic E-state index is 0.00602. The molecule has 0 fully saturated rings. The molecule has 0 spiro atoms. The predicted octanol–water partition coefficient (Wildman–Crippen LogP) is 1.93. The first-order chi connectivity index (χ1) is 6.98. The monoisotopic (exact) mass is 209 g/mol. The Bertz CT molecular complexity index is 334. The lowest BCUT2D eigenvalue weighted by atomic mass is 9.85.